The Balaban J connectivity index is 0.000000137. The Hall–Kier alpha value is -9.07. The van der Waals surface area contributed by atoms with E-state index in [-0.39, 0.29) is 27.5 Å². The topological polar surface area (TPSA) is 274 Å². The van der Waals surface area contributed by atoms with Crippen molar-refractivity contribution in [3.63, 3.8) is 0 Å². The Morgan fingerprint density at radius 1 is 0.432 bits per heavy atom. The molecule has 0 aliphatic carbocycles. The molecule has 4 aliphatic heterocycles. The summed E-state index contributed by atoms with van der Waals surface area (Å²) in [5, 5.41) is 5.23. The molecule has 0 saturated carbocycles. The molecule has 3 amide bonds. The van der Waals surface area contributed by atoms with E-state index in [1.54, 1.807) is 65.7 Å². The van der Waals surface area contributed by atoms with Gasteiger partial charge in [-0.15, -0.1) is 11.8 Å². The van der Waals surface area contributed by atoms with Crippen molar-refractivity contribution in [1.82, 2.24) is 49.2 Å². The smallest absolute Gasteiger partial charge is 0.244 e. The molecule has 2 N–H and O–H groups in total. The molecule has 448 valence electrons. The summed E-state index contributed by atoms with van der Waals surface area (Å²) in [5.74, 6) is 1.81. The number of carbonyl (C=O) groups excluding carboxylic acids is 3. The fourth-order valence-electron chi connectivity index (χ4n) is 10.9. The van der Waals surface area contributed by atoms with Crippen molar-refractivity contribution in [3.05, 3.63) is 181 Å². The van der Waals surface area contributed by atoms with E-state index in [0.717, 1.165) is 84.8 Å². The van der Waals surface area contributed by atoms with Gasteiger partial charge in [-0.2, -0.15) is 4.31 Å². The van der Waals surface area contributed by atoms with Crippen molar-refractivity contribution in [1.29, 1.82) is 0 Å². The number of aryl methyl sites for hydroxylation is 3. The third-order valence-corrected chi connectivity index (χ3v) is 19.6. The molecule has 24 heteroatoms. The molecule has 4 aliphatic rings. The molecule has 9 aromatic rings. The van der Waals surface area contributed by atoms with Crippen LogP contribution in [0.2, 0.25) is 0 Å². The third-order valence-electron chi connectivity index (χ3n) is 16.2. The number of rotatable bonds is 10. The molecule has 3 aromatic carbocycles. The van der Waals surface area contributed by atoms with E-state index < -0.39 is 36.3 Å². The number of carbonyl (C=O) groups is 3. The number of nitrogens with zero attached hydrogens (tertiary/aromatic N) is 13. The lowest BCUT2D eigenvalue weighted by atomic mass is 9.85. The van der Waals surface area contributed by atoms with Gasteiger partial charge in [0.15, 0.2) is 0 Å². The van der Waals surface area contributed by atoms with Crippen molar-refractivity contribution in [2.24, 2.45) is 5.14 Å². The molecular weight excluding hydrogens is 1170 g/mol. The summed E-state index contributed by atoms with van der Waals surface area (Å²) in [6, 6.07) is 22.5. The van der Waals surface area contributed by atoms with Gasteiger partial charge >= 0.3 is 0 Å². The van der Waals surface area contributed by atoms with Crippen LogP contribution >= 0.6 is 11.8 Å². The summed E-state index contributed by atoms with van der Waals surface area (Å²) in [6.45, 7) is 17.8. The van der Waals surface area contributed by atoms with Gasteiger partial charge in [-0.05, 0) is 145 Å². The summed E-state index contributed by atoms with van der Waals surface area (Å²) < 4.78 is 50.6. The van der Waals surface area contributed by atoms with E-state index in [0.29, 0.717) is 47.5 Å². The first-order chi connectivity index (χ1) is 41.7. The fourth-order valence-corrected chi connectivity index (χ4v) is 13.3. The quantitative estimate of drug-likeness (QED) is 0.125. The Kier molecular flexibility index (Phi) is 15.8. The number of thioether (sulfide) groups is 1. The number of fused-ring (bicyclic) bond motifs is 3. The van der Waals surface area contributed by atoms with Crippen LogP contribution in [0.25, 0.3) is 33.4 Å². The number of primary sulfonamides is 1. The summed E-state index contributed by atoms with van der Waals surface area (Å²) in [4.78, 5) is 83.7. The van der Waals surface area contributed by atoms with Crippen LogP contribution in [-0.2, 0) is 50.7 Å². The maximum Gasteiger partial charge on any atom is 0.244 e. The Labute approximate surface area is 514 Å². The van der Waals surface area contributed by atoms with Crippen LogP contribution in [0.5, 0.6) is 0 Å². The number of hydrogen-bond donors (Lipinski definition) is 1. The molecule has 0 spiro atoms. The van der Waals surface area contributed by atoms with Crippen LogP contribution < -0.4 is 19.8 Å². The van der Waals surface area contributed by atoms with Crippen LogP contribution in [0.1, 0.15) is 82.1 Å². The van der Waals surface area contributed by atoms with Crippen LogP contribution in [0.4, 0.5) is 34.1 Å². The van der Waals surface area contributed by atoms with Gasteiger partial charge in [0.05, 0.1) is 69.0 Å². The molecule has 6 aromatic heterocycles. The predicted molar refractivity (Wildman–Crippen MR) is 336 cm³/mol. The van der Waals surface area contributed by atoms with Crippen LogP contribution in [0.3, 0.4) is 0 Å². The van der Waals surface area contributed by atoms with Crippen LogP contribution in [0.15, 0.2) is 162 Å². The highest BCUT2D eigenvalue weighted by Gasteiger charge is 2.48. The molecule has 0 unspecified atom stereocenters. The minimum Gasteiger partial charge on any atom is -0.278 e. The number of anilines is 6. The Bertz CT molecular complexity index is 4510. The summed E-state index contributed by atoms with van der Waals surface area (Å²) >= 11 is 1.61. The van der Waals surface area contributed by atoms with E-state index in [1.165, 1.54) is 39.9 Å². The van der Waals surface area contributed by atoms with Gasteiger partial charge in [-0.3, -0.25) is 44.0 Å². The number of amides is 3. The second-order valence-electron chi connectivity index (χ2n) is 23.2. The highest BCUT2D eigenvalue weighted by molar-refractivity contribution is 7.98. The molecule has 10 heterocycles. The van der Waals surface area contributed by atoms with E-state index in [1.807, 2.05) is 135 Å². The van der Waals surface area contributed by atoms with Crippen molar-refractivity contribution < 1.29 is 31.2 Å². The maximum absolute atomic E-state index is 13.5. The van der Waals surface area contributed by atoms with E-state index >= 15 is 0 Å². The van der Waals surface area contributed by atoms with Gasteiger partial charge in [0, 0.05) is 90.4 Å². The van der Waals surface area contributed by atoms with Gasteiger partial charge in [0.1, 0.15) is 27.3 Å². The Morgan fingerprint density at radius 3 is 1.09 bits per heavy atom. The number of benzene rings is 3. The molecular formula is C64H62N14O7S3. The molecule has 0 atom stereocenters. The first-order valence-electron chi connectivity index (χ1n) is 28.0. The minimum atomic E-state index is -3.95. The lowest BCUT2D eigenvalue weighted by Crippen LogP contribution is -2.42. The normalized spacial score (nSPS) is 16.2. The predicted octanol–water partition coefficient (Wildman–Crippen LogP) is 10.2. The summed E-state index contributed by atoms with van der Waals surface area (Å²) in [5.41, 5.74) is 9.67. The Morgan fingerprint density at radius 2 is 0.761 bits per heavy atom. The van der Waals surface area contributed by atoms with Crippen molar-refractivity contribution in [2.45, 2.75) is 99.7 Å². The SMILES string of the molecule is CSc1cncc(N2C(=O)C(C)(C)c3ccc(-c4cnc(C)nc4)cc32)c1.Cc1ncc(-c2ccc3c(c2)N(c2cncc(S(=O)(=O)N4CCC4)c2)C(=O)C3(C)C)cn1.Cc1ncc(-c2ccc3c(c2)N(c2cncc(S(N)(=O)=O)c2)C(=O)C3(C)C)cn1. The number of sulfonamides is 2. The summed E-state index contributed by atoms with van der Waals surface area (Å²) in [7, 11) is -7.57. The average Bonchev–Trinajstić information content (AvgIpc) is 2.91. The first-order valence-corrected chi connectivity index (χ1v) is 32.2. The molecule has 1 fully saturated rings. The van der Waals surface area contributed by atoms with Gasteiger partial charge in [-0.1, -0.05) is 36.4 Å². The highest BCUT2D eigenvalue weighted by Crippen LogP contribution is 2.50. The standard InChI is InChI=1S/C23H23N5O3S.C21H20N4OS.C20H19N5O3S/c1-15-25-11-17(12-26-15)16-5-6-20-21(9-16)28(22(29)23(20,2)3)18-10-19(14-24-13-18)32(30,31)27-7-4-8-27;1-13-23-9-15(10-24-13)14-5-6-18-19(7-14)25(20(26)21(18,2)3)16-8-17(27-4)12-22-11-16;1-12-23-8-14(9-24-12)13-4-5-17-18(6-13)25(19(26)20(17,2)3)15-7-16(11-22-10-15)29(21,27)28/h5-6,9-14H,4,7-8H2,1-3H3;5-12H,1-4H3;4-11H,1-3H3,(H2,21,27,28). The first kappa shape index (κ1) is 60.6. The van der Waals surface area contributed by atoms with Crippen molar-refractivity contribution in [2.75, 3.05) is 34.0 Å². The van der Waals surface area contributed by atoms with Crippen LogP contribution in [0, 0.1) is 20.8 Å². The van der Waals surface area contributed by atoms with Gasteiger partial charge in [0.2, 0.25) is 37.8 Å². The van der Waals surface area contributed by atoms with Crippen molar-refractivity contribution in [3.8, 4) is 33.4 Å². The highest BCUT2D eigenvalue weighted by atomic mass is 32.2. The average molecular weight is 1240 g/mol. The molecule has 88 heavy (non-hydrogen) atoms. The minimum absolute atomic E-state index is 0.0508. The monoisotopic (exact) mass is 1230 g/mol. The van der Waals surface area contributed by atoms with E-state index in [9.17, 15) is 31.2 Å². The van der Waals surface area contributed by atoms with Gasteiger partial charge in [-0.25, -0.2) is 51.9 Å². The second kappa shape index (κ2) is 22.9. The van der Waals surface area contributed by atoms with Gasteiger partial charge in [0.25, 0.3) is 0 Å². The van der Waals surface area contributed by atoms with E-state index in [4.69, 9.17) is 5.14 Å². The largest absolute Gasteiger partial charge is 0.278 e. The van der Waals surface area contributed by atoms with Crippen molar-refractivity contribution >= 4 is 83.7 Å². The number of aromatic nitrogens is 9. The number of pyridine rings is 3. The van der Waals surface area contributed by atoms with Gasteiger partial charge < -0.3 is 0 Å². The number of nitrogens with two attached hydrogens (primary N) is 1. The zero-order valence-electron chi connectivity index (χ0n) is 50.0. The maximum atomic E-state index is 13.5. The second-order valence-corrected chi connectivity index (χ2v) is 27.6. The molecule has 0 radical (unpaired) electrons. The molecule has 21 nitrogen and oxygen atoms in total. The molecule has 13 rings (SSSR count). The molecule has 0 bridgehead atoms. The van der Waals surface area contributed by atoms with E-state index in [2.05, 4.69) is 44.9 Å². The van der Waals surface area contributed by atoms with Crippen LogP contribution in [-0.4, -0.2) is 103 Å². The third kappa shape index (κ3) is 11.1. The zero-order valence-corrected chi connectivity index (χ0v) is 52.4. The lowest BCUT2D eigenvalue weighted by Gasteiger charge is -2.30. The molecule has 1 saturated heterocycles. The zero-order chi connectivity index (χ0) is 62.8. The number of hydrogen-bond acceptors (Lipinski definition) is 17. The lowest BCUT2D eigenvalue weighted by molar-refractivity contribution is -0.122. The fraction of sp³-hybridized carbons (Fsp3) is 0.250. The summed E-state index contributed by atoms with van der Waals surface area (Å²) in [6.07, 6.45) is 22.4.